The van der Waals surface area contributed by atoms with E-state index in [1.807, 2.05) is 69.8 Å². The van der Waals surface area contributed by atoms with Crippen molar-refractivity contribution in [3.05, 3.63) is 78.1 Å². The van der Waals surface area contributed by atoms with Crippen LogP contribution in [0.15, 0.2) is 76.5 Å². The highest BCUT2D eigenvalue weighted by molar-refractivity contribution is 7.99. The van der Waals surface area contributed by atoms with Gasteiger partial charge in [-0.3, -0.25) is 14.2 Å². The van der Waals surface area contributed by atoms with Gasteiger partial charge in [-0.25, -0.2) is 0 Å². The third kappa shape index (κ3) is 7.53. The fourth-order valence-corrected chi connectivity index (χ4v) is 6.39. The average molecular weight is 616 g/mol. The molecule has 5 rings (SSSR count). The molecule has 1 saturated heterocycles. The topological polar surface area (TPSA) is 93.7 Å². The molecule has 0 radical (unpaired) electrons. The maximum absolute atomic E-state index is 13.2. The molecule has 1 unspecified atom stereocenters. The molecule has 2 aromatic heterocycles. The third-order valence-electron chi connectivity index (χ3n) is 7.98. The highest BCUT2D eigenvalue weighted by atomic mass is 32.2. The van der Waals surface area contributed by atoms with E-state index in [0.717, 1.165) is 54.5 Å². The zero-order valence-corrected chi connectivity index (χ0v) is 26.6. The van der Waals surface area contributed by atoms with Crippen LogP contribution in [-0.2, 0) is 11.2 Å². The molecule has 2 amide bonds. The average Bonchev–Trinajstić information content (AvgIpc) is 3.74. The minimum absolute atomic E-state index is 0.0248. The molecule has 0 saturated carbocycles. The van der Waals surface area contributed by atoms with E-state index in [2.05, 4.69) is 29.3 Å². The number of methoxy groups -OCH3 is 1. The first-order valence-electron chi connectivity index (χ1n) is 15.4. The van der Waals surface area contributed by atoms with Crippen LogP contribution in [0, 0.1) is 0 Å². The van der Waals surface area contributed by atoms with Gasteiger partial charge in [0.2, 0.25) is 11.7 Å². The molecule has 0 aliphatic carbocycles. The molecule has 4 aromatic rings. The Hall–Kier alpha value is -4.05. The molecule has 232 valence electrons. The van der Waals surface area contributed by atoms with Gasteiger partial charge < -0.3 is 19.0 Å². The second-order valence-corrected chi connectivity index (χ2v) is 12.2. The monoisotopic (exact) mass is 615 g/mol. The van der Waals surface area contributed by atoms with Gasteiger partial charge >= 0.3 is 0 Å². The van der Waals surface area contributed by atoms with Gasteiger partial charge in [-0.2, -0.15) is 0 Å². The minimum Gasteiger partial charge on any atom is -0.497 e. The van der Waals surface area contributed by atoms with Crippen LogP contribution in [-0.4, -0.2) is 74.9 Å². The third-order valence-corrected chi connectivity index (χ3v) is 9.00. The van der Waals surface area contributed by atoms with Crippen LogP contribution in [0.1, 0.15) is 61.9 Å². The Morgan fingerprint density at radius 2 is 1.80 bits per heavy atom. The molecule has 10 heteroatoms. The fourth-order valence-electron chi connectivity index (χ4n) is 5.44. The number of carbonyl (C=O) groups excluding carboxylic acids is 2. The van der Waals surface area contributed by atoms with Crippen molar-refractivity contribution in [3.63, 3.8) is 0 Å². The molecule has 2 aromatic carbocycles. The zero-order valence-electron chi connectivity index (χ0n) is 25.8. The van der Waals surface area contributed by atoms with Gasteiger partial charge in [0.15, 0.2) is 10.9 Å². The number of benzene rings is 2. The van der Waals surface area contributed by atoms with Crippen molar-refractivity contribution in [1.29, 1.82) is 0 Å². The molecule has 3 heterocycles. The summed E-state index contributed by atoms with van der Waals surface area (Å²) in [7, 11) is 1.64. The van der Waals surface area contributed by atoms with Gasteiger partial charge in [0.25, 0.3) is 5.91 Å². The fraction of sp³-hybridized carbons (Fsp3) is 0.412. The van der Waals surface area contributed by atoms with E-state index >= 15 is 0 Å². The van der Waals surface area contributed by atoms with Crippen molar-refractivity contribution in [2.24, 2.45) is 0 Å². The lowest BCUT2D eigenvalue weighted by atomic mass is 10.0. The van der Waals surface area contributed by atoms with E-state index in [0.29, 0.717) is 43.2 Å². The summed E-state index contributed by atoms with van der Waals surface area (Å²) in [4.78, 5) is 30.0. The van der Waals surface area contributed by atoms with Gasteiger partial charge in [0.1, 0.15) is 5.75 Å². The van der Waals surface area contributed by atoms with E-state index in [1.165, 1.54) is 5.56 Å². The Kier molecular flexibility index (Phi) is 10.8. The number of thioether (sulfide) groups is 1. The number of carbonyl (C=O) groups is 2. The minimum atomic E-state index is -0.0248. The molecule has 1 fully saturated rings. The van der Waals surface area contributed by atoms with Crippen molar-refractivity contribution in [2.75, 3.05) is 32.5 Å². The number of nitrogens with zero attached hydrogens (tertiary/aromatic N) is 5. The number of aromatic nitrogens is 3. The molecular weight excluding hydrogens is 574 g/mol. The summed E-state index contributed by atoms with van der Waals surface area (Å²) in [5.74, 6) is 3.04. The summed E-state index contributed by atoms with van der Waals surface area (Å²) in [5, 5.41) is 9.61. The predicted octanol–water partition coefficient (Wildman–Crippen LogP) is 6.51. The van der Waals surface area contributed by atoms with Crippen molar-refractivity contribution in [2.45, 2.75) is 63.6 Å². The van der Waals surface area contributed by atoms with Crippen LogP contribution in [0.25, 0.3) is 17.3 Å². The highest BCUT2D eigenvalue weighted by Gasteiger charge is 2.30. The van der Waals surface area contributed by atoms with Crippen molar-refractivity contribution in [1.82, 2.24) is 24.6 Å². The van der Waals surface area contributed by atoms with Crippen LogP contribution in [0.5, 0.6) is 5.75 Å². The first kappa shape index (κ1) is 31.4. The van der Waals surface area contributed by atoms with E-state index in [-0.39, 0.29) is 17.9 Å². The normalized spacial score (nSPS) is 15.0. The van der Waals surface area contributed by atoms with E-state index < -0.39 is 0 Å². The number of rotatable bonds is 13. The van der Waals surface area contributed by atoms with Crippen molar-refractivity contribution in [3.8, 4) is 23.0 Å². The first-order chi connectivity index (χ1) is 21.5. The number of ether oxygens (including phenoxy) is 1. The van der Waals surface area contributed by atoms with Crippen LogP contribution in [0.3, 0.4) is 0 Å². The van der Waals surface area contributed by atoms with Gasteiger partial charge in [-0.1, -0.05) is 37.2 Å². The van der Waals surface area contributed by atoms with Crippen LogP contribution in [0.2, 0.25) is 0 Å². The summed E-state index contributed by atoms with van der Waals surface area (Å²) < 4.78 is 12.9. The Morgan fingerprint density at radius 1 is 1.00 bits per heavy atom. The molecule has 1 aliphatic rings. The molecule has 1 aliphatic heterocycles. The van der Waals surface area contributed by atoms with Crippen molar-refractivity contribution < 1.29 is 18.7 Å². The van der Waals surface area contributed by atoms with E-state index in [1.54, 1.807) is 25.1 Å². The summed E-state index contributed by atoms with van der Waals surface area (Å²) in [6, 6.07) is 19.4. The Balaban J connectivity index is 1.10. The van der Waals surface area contributed by atoms with E-state index in [9.17, 15) is 9.59 Å². The number of hydrogen-bond acceptors (Lipinski definition) is 7. The van der Waals surface area contributed by atoms with Gasteiger partial charge in [-0.15, -0.1) is 10.2 Å². The van der Waals surface area contributed by atoms with E-state index in [4.69, 9.17) is 9.15 Å². The van der Waals surface area contributed by atoms with Gasteiger partial charge in [-0.05, 0) is 86.7 Å². The summed E-state index contributed by atoms with van der Waals surface area (Å²) in [5.41, 5.74) is 2.90. The van der Waals surface area contributed by atoms with Gasteiger partial charge in [0.05, 0.1) is 19.1 Å². The Bertz CT molecular complexity index is 1500. The predicted molar refractivity (Wildman–Crippen MR) is 172 cm³/mol. The highest BCUT2D eigenvalue weighted by Crippen LogP contribution is 2.30. The molecule has 44 heavy (non-hydrogen) atoms. The first-order valence-corrected chi connectivity index (χ1v) is 16.4. The Labute approximate surface area is 263 Å². The molecule has 0 spiro atoms. The second kappa shape index (κ2) is 15.1. The number of aryl methyl sites for hydroxylation is 1. The SMILES string of the molecule is CCCCc1ccc(C(=O)N2CCN(C(=O)CCCCSc3nnc(-c4ccco4)n3-c3ccc(OC)cc3)CC2C)cc1. The largest absolute Gasteiger partial charge is 0.497 e. The lowest BCUT2D eigenvalue weighted by molar-refractivity contribution is -0.133. The molecule has 0 N–H and O–H groups in total. The van der Waals surface area contributed by atoms with Crippen LogP contribution < -0.4 is 4.74 Å². The van der Waals surface area contributed by atoms with Crippen LogP contribution >= 0.6 is 11.8 Å². The standard InChI is InChI=1S/C34H41N5O4S/c1-4-5-9-26-12-14-27(15-13-26)33(41)38-21-20-37(24-25(38)2)31(40)11-6-7-23-44-34-36-35-32(30-10-8-22-43-30)39(34)28-16-18-29(42-3)19-17-28/h8,10,12-19,22,25H,4-7,9,11,20-21,23-24H2,1-3H3. The van der Waals surface area contributed by atoms with Gasteiger partial charge in [0, 0.05) is 43.4 Å². The second-order valence-electron chi connectivity index (χ2n) is 11.1. The molecular formula is C34H41N5O4S. The zero-order chi connectivity index (χ0) is 30.9. The smallest absolute Gasteiger partial charge is 0.254 e. The molecule has 1 atom stereocenters. The Morgan fingerprint density at radius 3 is 2.48 bits per heavy atom. The number of hydrogen-bond donors (Lipinski definition) is 0. The summed E-state index contributed by atoms with van der Waals surface area (Å²) in [6.45, 7) is 5.90. The number of piperazine rings is 1. The number of unbranched alkanes of at least 4 members (excludes halogenated alkanes) is 2. The maximum atomic E-state index is 13.2. The quantitative estimate of drug-likeness (QED) is 0.125. The lowest BCUT2D eigenvalue weighted by Crippen LogP contribution is -2.55. The lowest BCUT2D eigenvalue weighted by Gasteiger charge is -2.40. The summed E-state index contributed by atoms with van der Waals surface area (Å²) >= 11 is 1.61. The van der Waals surface area contributed by atoms with Crippen molar-refractivity contribution >= 4 is 23.6 Å². The molecule has 9 nitrogen and oxygen atoms in total. The molecule has 0 bridgehead atoms. The number of amides is 2. The maximum Gasteiger partial charge on any atom is 0.254 e. The number of furan rings is 1. The summed E-state index contributed by atoms with van der Waals surface area (Å²) in [6.07, 6.45) is 7.11. The van der Waals surface area contributed by atoms with Crippen LogP contribution in [0.4, 0.5) is 0 Å².